The summed E-state index contributed by atoms with van der Waals surface area (Å²) < 4.78 is 0. The third-order valence-corrected chi connectivity index (χ3v) is 6.82. The molecule has 0 atom stereocenters. The van der Waals surface area contributed by atoms with Gasteiger partial charge in [-0.05, 0) is 48.1 Å². The second-order valence-electron chi connectivity index (χ2n) is 7.84. The van der Waals surface area contributed by atoms with Crippen LogP contribution >= 0.6 is 35.3 Å². The Morgan fingerprint density at radius 2 is 2.11 bits per heavy atom. The number of nitrogens with one attached hydrogen (secondary N) is 1. The normalized spacial score (nSPS) is 22.6. The highest BCUT2D eigenvalue weighted by Crippen LogP contribution is 2.28. The number of carbonyl (C=O) groups excluding carboxylic acids is 1. The minimum atomic E-state index is 0. The Kier molecular flexibility index (Phi) is 8.85. The van der Waals surface area contributed by atoms with Gasteiger partial charge in [-0.25, -0.2) is 0 Å². The van der Waals surface area contributed by atoms with E-state index in [-0.39, 0.29) is 29.9 Å². The monoisotopic (exact) mass is 504 g/mol. The van der Waals surface area contributed by atoms with Crippen molar-refractivity contribution in [2.24, 2.45) is 16.8 Å². The number of aliphatic imine (C=N–C) groups is 1. The number of guanidine groups is 1. The average Bonchev–Trinajstić information content (AvgIpc) is 3.11. The summed E-state index contributed by atoms with van der Waals surface area (Å²) in [5, 5.41) is 5.39. The van der Waals surface area contributed by atoms with Crippen LogP contribution in [-0.4, -0.2) is 55.4 Å². The first-order chi connectivity index (χ1) is 12.6. The van der Waals surface area contributed by atoms with Crippen LogP contribution in [0.15, 0.2) is 16.4 Å². The number of amides is 1. The van der Waals surface area contributed by atoms with Crippen LogP contribution in [0.2, 0.25) is 0 Å². The summed E-state index contributed by atoms with van der Waals surface area (Å²) >= 11 is 1.80. The smallest absolute Gasteiger partial charge is 0.242 e. The third-order valence-electron chi connectivity index (χ3n) is 5.80. The molecule has 1 saturated carbocycles. The maximum atomic E-state index is 12.6. The Morgan fingerprint density at radius 1 is 1.37 bits per heavy atom. The van der Waals surface area contributed by atoms with Crippen molar-refractivity contribution in [3.8, 4) is 0 Å². The Morgan fingerprint density at radius 3 is 2.81 bits per heavy atom. The molecule has 152 valence electrons. The van der Waals surface area contributed by atoms with Crippen LogP contribution in [0, 0.1) is 11.8 Å². The molecular weight excluding hydrogens is 471 g/mol. The third kappa shape index (κ3) is 6.07. The largest absolute Gasteiger partial charge is 0.347 e. The van der Waals surface area contributed by atoms with Crippen LogP contribution in [0.4, 0.5) is 0 Å². The molecule has 1 aromatic rings. The van der Waals surface area contributed by atoms with E-state index in [4.69, 9.17) is 0 Å². The summed E-state index contributed by atoms with van der Waals surface area (Å²) in [6.07, 6.45) is 6.26. The molecule has 0 unspecified atom stereocenters. The Labute approximate surface area is 184 Å². The van der Waals surface area contributed by atoms with Gasteiger partial charge < -0.3 is 15.1 Å². The first kappa shape index (κ1) is 22.5. The summed E-state index contributed by atoms with van der Waals surface area (Å²) in [6.45, 7) is 5.25. The summed E-state index contributed by atoms with van der Waals surface area (Å²) in [6, 6.07) is 2.14. The Hall–Kier alpha value is -0.830. The number of rotatable bonds is 4. The molecule has 5 nitrogen and oxygen atoms in total. The van der Waals surface area contributed by atoms with E-state index in [1.807, 2.05) is 4.90 Å². The molecule has 0 saturated heterocycles. The van der Waals surface area contributed by atoms with Crippen molar-refractivity contribution in [3.63, 3.8) is 0 Å². The predicted molar refractivity (Wildman–Crippen MR) is 124 cm³/mol. The van der Waals surface area contributed by atoms with Gasteiger partial charge in [0.2, 0.25) is 5.91 Å². The lowest BCUT2D eigenvalue weighted by Crippen LogP contribution is -2.47. The van der Waals surface area contributed by atoms with Gasteiger partial charge in [0.1, 0.15) is 0 Å². The van der Waals surface area contributed by atoms with Crippen LogP contribution in [0.1, 0.15) is 43.0 Å². The SMILES string of the molecule is CN=C(NCC(=O)N1CCc2sccc2C1)N(C)CC1CCC(C)CC1.I. The van der Waals surface area contributed by atoms with E-state index in [2.05, 4.69) is 40.6 Å². The van der Waals surface area contributed by atoms with Crippen molar-refractivity contribution in [1.82, 2.24) is 15.1 Å². The van der Waals surface area contributed by atoms with Crippen LogP contribution in [0.3, 0.4) is 0 Å². The minimum absolute atomic E-state index is 0. The van der Waals surface area contributed by atoms with Gasteiger partial charge in [-0.3, -0.25) is 9.79 Å². The number of hydrogen-bond acceptors (Lipinski definition) is 3. The molecule has 1 aliphatic heterocycles. The molecule has 27 heavy (non-hydrogen) atoms. The summed E-state index contributed by atoms with van der Waals surface area (Å²) in [4.78, 5) is 22.5. The van der Waals surface area contributed by atoms with Crippen molar-refractivity contribution in [2.45, 2.75) is 45.6 Å². The van der Waals surface area contributed by atoms with E-state index >= 15 is 0 Å². The highest BCUT2D eigenvalue weighted by atomic mass is 127. The lowest BCUT2D eigenvalue weighted by molar-refractivity contribution is -0.130. The predicted octanol–water partition coefficient (Wildman–Crippen LogP) is 3.58. The standard InChI is InChI=1S/C20H32N4OS.HI/c1-15-4-6-16(7-5-15)13-23(3)20(21-2)22-12-19(25)24-10-8-18-17(14-24)9-11-26-18;/h9,11,15-16H,4-8,10,12-14H2,1-3H3,(H,21,22);1H. The number of fused-ring (bicyclic) bond motifs is 1. The maximum Gasteiger partial charge on any atom is 0.242 e. The first-order valence-corrected chi connectivity index (χ1v) is 10.7. The highest BCUT2D eigenvalue weighted by molar-refractivity contribution is 14.0. The number of halogens is 1. The van der Waals surface area contributed by atoms with E-state index in [9.17, 15) is 4.79 Å². The molecule has 3 rings (SSSR count). The summed E-state index contributed by atoms with van der Waals surface area (Å²) in [5.74, 6) is 2.59. The first-order valence-electron chi connectivity index (χ1n) is 9.81. The molecular formula is C20H33IN4OS. The van der Waals surface area contributed by atoms with E-state index in [0.29, 0.717) is 6.54 Å². The number of thiophene rings is 1. The van der Waals surface area contributed by atoms with Gasteiger partial charge >= 0.3 is 0 Å². The van der Waals surface area contributed by atoms with E-state index in [1.165, 1.54) is 36.1 Å². The lowest BCUT2D eigenvalue weighted by atomic mass is 9.83. The molecule has 0 aromatic carbocycles. The van der Waals surface area contributed by atoms with Crippen molar-refractivity contribution in [1.29, 1.82) is 0 Å². The van der Waals surface area contributed by atoms with Gasteiger partial charge in [0.05, 0.1) is 6.54 Å². The fourth-order valence-electron chi connectivity index (χ4n) is 4.10. The van der Waals surface area contributed by atoms with E-state index in [0.717, 1.165) is 43.9 Å². The van der Waals surface area contributed by atoms with Gasteiger partial charge in [-0.2, -0.15) is 0 Å². The summed E-state index contributed by atoms with van der Waals surface area (Å²) in [5.41, 5.74) is 1.31. The topological polar surface area (TPSA) is 47.9 Å². The van der Waals surface area contributed by atoms with Crippen LogP contribution in [0.25, 0.3) is 0 Å². The average molecular weight is 504 g/mol. The van der Waals surface area contributed by atoms with E-state index in [1.54, 1.807) is 18.4 Å². The zero-order valence-electron chi connectivity index (χ0n) is 16.7. The quantitative estimate of drug-likeness (QED) is 0.388. The molecule has 1 aromatic heterocycles. The van der Waals surface area contributed by atoms with Crippen molar-refractivity contribution in [3.05, 3.63) is 21.9 Å². The number of nitrogens with zero attached hydrogens (tertiary/aromatic N) is 3. The second-order valence-corrected chi connectivity index (χ2v) is 8.84. The highest BCUT2D eigenvalue weighted by Gasteiger charge is 2.23. The molecule has 1 amide bonds. The Balaban J connectivity index is 0.00000261. The van der Waals surface area contributed by atoms with Crippen LogP contribution in [0.5, 0.6) is 0 Å². The van der Waals surface area contributed by atoms with Crippen LogP contribution in [-0.2, 0) is 17.8 Å². The number of carbonyl (C=O) groups is 1. The molecule has 1 fully saturated rings. The lowest BCUT2D eigenvalue weighted by Gasteiger charge is -2.32. The van der Waals surface area contributed by atoms with Gasteiger partial charge in [0.15, 0.2) is 5.96 Å². The zero-order chi connectivity index (χ0) is 18.5. The Bertz CT molecular complexity index is 640. The molecule has 0 bridgehead atoms. The fourth-order valence-corrected chi connectivity index (χ4v) is 4.99. The second kappa shape index (κ2) is 10.6. The molecule has 1 N–H and O–H groups in total. The minimum Gasteiger partial charge on any atom is -0.347 e. The molecule has 2 aliphatic rings. The van der Waals surface area contributed by atoms with Crippen molar-refractivity contribution < 1.29 is 4.79 Å². The number of hydrogen-bond donors (Lipinski definition) is 1. The van der Waals surface area contributed by atoms with Gasteiger partial charge in [0.25, 0.3) is 0 Å². The molecule has 2 heterocycles. The van der Waals surface area contributed by atoms with Gasteiger partial charge in [-0.15, -0.1) is 35.3 Å². The zero-order valence-corrected chi connectivity index (χ0v) is 19.9. The molecule has 7 heteroatoms. The molecule has 0 radical (unpaired) electrons. The van der Waals surface area contributed by atoms with E-state index < -0.39 is 0 Å². The maximum absolute atomic E-state index is 12.6. The fraction of sp³-hybridized carbons (Fsp3) is 0.700. The van der Waals surface area contributed by atoms with Crippen molar-refractivity contribution >= 4 is 47.2 Å². The van der Waals surface area contributed by atoms with Gasteiger partial charge in [-0.1, -0.05) is 19.8 Å². The molecule has 0 spiro atoms. The van der Waals surface area contributed by atoms with Gasteiger partial charge in [0, 0.05) is 38.6 Å². The van der Waals surface area contributed by atoms with Crippen LogP contribution < -0.4 is 5.32 Å². The van der Waals surface area contributed by atoms with Crippen molar-refractivity contribution in [2.75, 3.05) is 33.7 Å². The summed E-state index contributed by atoms with van der Waals surface area (Å²) in [7, 11) is 3.88. The molecule has 1 aliphatic carbocycles.